The summed E-state index contributed by atoms with van der Waals surface area (Å²) in [5, 5.41) is 5.33. The molecule has 0 aromatic heterocycles. The van der Waals surface area contributed by atoms with Gasteiger partial charge in [0, 0.05) is 13.0 Å². The second-order valence-electron chi connectivity index (χ2n) is 2.91. The molecule has 0 bridgehead atoms. The fourth-order valence-electron chi connectivity index (χ4n) is 1.30. The third kappa shape index (κ3) is 2.22. The van der Waals surface area contributed by atoms with E-state index in [-0.39, 0.29) is 17.9 Å². The Morgan fingerprint density at radius 2 is 2.50 bits per heavy atom. The molecular weight excluding hydrogens is 156 g/mol. The third-order valence-electron chi connectivity index (χ3n) is 1.90. The summed E-state index contributed by atoms with van der Waals surface area (Å²) in [7, 11) is 0. The molecule has 4 heteroatoms. The maximum Gasteiger partial charge on any atom is 0.242 e. The van der Waals surface area contributed by atoms with Crippen molar-refractivity contribution in [1.29, 1.82) is 0 Å². The van der Waals surface area contributed by atoms with E-state index >= 15 is 0 Å². The Morgan fingerprint density at radius 3 is 3.08 bits per heavy atom. The molecule has 12 heavy (non-hydrogen) atoms. The molecule has 0 spiro atoms. The molecule has 1 fully saturated rings. The third-order valence-corrected chi connectivity index (χ3v) is 1.90. The molecule has 0 aromatic rings. The smallest absolute Gasteiger partial charge is 0.242 e. The number of piperidine rings is 1. The van der Waals surface area contributed by atoms with E-state index in [1.165, 1.54) is 0 Å². The van der Waals surface area contributed by atoms with Gasteiger partial charge in [-0.2, -0.15) is 0 Å². The van der Waals surface area contributed by atoms with Crippen LogP contribution in [0.4, 0.5) is 0 Å². The fourth-order valence-corrected chi connectivity index (χ4v) is 1.30. The second-order valence-corrected chi connectivity index (χ2v) is 2.91. The molecule has 4 nitrogen and oxygen atoms in total. The highest BCUT2D eigenvalue weighted by Gasteiger charge is 2.23. The Morgan fingerprint density at radius 1 is 1.75 bits per heavy atom. The van der Waals surface area contributed by atoms with Crippen LogP contribution in [-0.2, 0) is 9.59 Å². The van der Waals surface area contributed by atoms with E-state index in [1.54, 1.807) is 0 Å². The van der Waals surface area contributed by atoms with Crippen molar-refractivity contribution in [2.75, 3.05) is 6.54 Å². The summed E-state index contributed by atoms with van der Waals surface area (Å²) in [4.78, 5) is 22.1. The van der Waals surface area contributed by atoms with Gasteiger partial charge in [0.2, 0.25) is 11.8 Å². The number of rotatable bonds is 2. The largest absolute Gasteiger partial charge is 0.355 e. The highest BCUT2D eigenvalue weighted by atomic mass is 16.2. The van der Waals surface area contributed by atoms with E-state index in [0.29, 0.717) is 13.0 Å². The SMILES string of the molecule is CCNC(=O)C1CCCC(=O)N1. The van der Waals surface area contributed by atoms with Crippen molar-refractivity contribution >= 4 is 11.8 Å². The summed E-state index contributed by atoms with van der Waals surface area (Å²) in [6.45, 7) is 2.48. The maximum atomic E-state index is 11.2. The summed E-state index contributed by atoms with van der Waals surface area (Å²) in [5.41, 5.74) is 0. The number of hydrogen-bond donors (Lipinski definition) is 2. The first-order valence-corrected chi connectivity index (χ1v) is 4.31. The lowest BCUT2D eigenvalue weighted by molar-refractivity contribution is -0.130. The Bertz CT molecular complexity index is 191. The van der Waals surface area contributed by atoms with Crippen LogP contribution in [-0.4, -0.2) is 24.4 Å². The molecule has 0 aromatic carbocycles. The van der Waals surface area contributed by atoms with Crippen LogP contribution < -0.4 is 10.6 Å². The molecule has 0 saturated carbocycles. The van der Waals surface area contributed by atoms with Crippen molar-refractivity contribution in [3.05, 3.63) is 0 Å². The van der Waals surface area contributed by atoms with Gasteiger partial charge in [0.25, 0.3) is 0 Å². The molecule has 2 amide bonds. The molecule has 1 aliphatic heterocycles. The summed E-state index contributed by atoms with van der Waals surface area (Å²) in [6, 6.07) is -0.300. The van der Waals surface area contributed by atoms with Crippen LogP contribution in [0.15, 0.2) is 0 Å². The Hall–Kier alpha value is -1.06. The van der Waals surface area contributed by atoms with E-state index in [9.17, 15) is 9.59 Å². The predicted molar refractivity (Wildman–Crippen MR) is 44.5 cm³/mol. The first-order chi connectivity index (χ1) is 5.74. The topological polar surface area (TPSA) is 58.2 Å². The number of nitrogens with one attached hydrogen (secondary N) is 2. The minimum atomic E-state index is -0.300. The minimum absolute atomic E-state index is 0.0162. The lowest BCUT2D eigenvalue weighted by atomic mass is 10.0. The molecule has 1 atom stereocenters. The molecule has 1 heterocycles. The second kappa shape index (κ2) is 4.09. The van der Waals surface area contributed by atoms with Gasteiger partial charge in [-0.15, -0.1) is 0 Å². The van der Waals surface area contributed by atoms with Gasteiger partial charge in [-0.3, -0.25) is 9.59 Å². The average molecular weight is 170 g/mol. The molecular formula is C8H14N2O2. The average Bonchev–Trinajstić information content (AvgIpc) is 2.05. The molecule has 0 radical (unpaired) electrons. The predicted octanol–water partition coefficient (Wildman–Crippen LogP) is -0.209. The van der Waals surface area contributed by atoms with Gasteiger partial charge in [0.05, 0.1) is 0 Å². The monoisotopic (exact) mass is 170 g/mol. The van der Waals surface area contributed by atoms with E-state index in [2.05, 4.69) is 10.6 Å². The molecule has 1 aliphatic rings. The van der Waals surface area contributed by atoms with Gasteiger partial charge in [0.1, 0.15) is 6.04 Å². The molecule has 68 valence electrons. The van der Waals surface area contributed by atoms with Gasteiger partial charge in [-0.1, -0.05) is 0 Å². The quantitative estimate of drug-likeness (QED) is 0.602. The van der Waals surface area contributed by atoms with Crippen LogP contribution in [0, 0.1) is 0 Å². The van der Waals surface area contributed by atoms with Crippen molar-refractivity contribution in [2.45, 2.75) is 32.2 Å². The molecule has 1 saturated heterocycles. The summed E-state index contributed by atoms with van der Waals surface area (Å²) < 4.78 is 0. The van der Waals surface area contributed by atoms with Crippen molar-refractivity contribution in [3.8, 4) is 0 Å². The molecule has 2 N–H and O–H groups in total. The maximum absolute atomic E-state index is 11.2. The number of carbonyl (C=O) groups is 2. The Labute approximate surface area is 71.7 Å². The zero-order chi connectivity index (χ0) is 8.97. The standard InChI is InChI=1S/C8H14N2O2/c1-2-9-8(12)6-4-3-5-7(11)10-6/h6H,2-5H2,1H3,(H,9,12)(H,10,11). The lowest BCUT2D eigenvalue weighted by Crippen LogP contribution is -2.48. The van der Waals surface area contributed by atoms with Crippen LogP contribution in [0.3, 0.4) is 0 Å². The van der Waals surface area contributed by atoms with Crippen LogP contribution in [0.25, 0.3) is 0 Å². The van der Waals surface area contributed by atoms with Gasteiger partial charge < -0.3 is 10.6 Å². The Kier molecular flexibility index (Phi) is 3.08. The van der Waals surface area contributed by atoms with Crippen LogP contribution in [0.1, 0.15) is 26.2 Å². The fraction of sp³-hybridized carbons (Fsp3) is 0.750. The zero-order valence-electron chi connectivity index (χ0n) is 7.22. The van der Waals surface area contributed by atoms with Gasteiger partial charge in [-0.25, -0.2) is 0 Å². The Balaban J connectivity index is 2.40. The van der Waals surface area contributed by atoms with E-state index in [1.807, 2.05) is 6.92 Å². The number of amides is 2. The van der Waals surface area contributed by atoms with E-state index in [4.69, 9.17) is 0 Å². The normalized spacial score (nSPS) is 23.1. The van der Waals surface area contributed by atoms with Gasteiger partial charge in [0.15, 0.2) is 0 Å². The highest BCUT2D eigenvalue weighted by molar-refractivity contribution is 5.88. The van der Waals surface area contributed by atoms with Crippen LogP contribution in [0.5, 0.6) is 0 Å². The number of likely N-dealkylation sites (N-methyl/N-ethyl adjacent to an activating group) is 1. The van der Waals surface area contributed by atoms with Crippen molar-refractivity contribution < 1.29 is 9.59 Å². The summed E-state index contributed by atoms with van der Waals surface area (Å²) in [5.74, 6) is -0.0805. The molecule has 1 rings (SSSR count). The first-order valence-electron chi connectivity index (χ1n) is 4.31. The summed E-state index contributed by atoms with van der Waals surface area (Å²) >= 11 is 0. The van der Waals surface area contributed by atoms with Crippen molar-refractivity contribution in [1.82, 2.24) is 10.6 Å². The van der Waals surface area contributed by atoms with E-state index < -0.39 is 0 Å². The van der Waals surface area contributed by atoms with Crippen LogP contribution >= 0.6 is 0 Å². The molecule has 1 unspecified atom stereocenters. The zero-order valence-corrected chi connectivity index (χ0v) is 7.22. The van der Waals surface area contributed by atoms with Gasteiger partial charge >= 0.3 is 0 Å². The van der Waals surface area contributed by atoms with E-state index in [0.717, 1.165) is 12.8 Å². The summed E-state index contributed by atoms with van der Waals surface area (Å²) in [6.07, 6.45) is 2.13. The number of carbonyl (C=O) groups excluding carboxylic acids is 2. The molecule has 0 aliphatic carbocycles. The minimum Gasteiger partial charge on any atom is -0.355 e. The first kappa shape index (κ1) is 9.03. The highest BCUT2D eigenvalue weighted by Crippen LogP contribution is 2.07. The number of hydrogen-bond acceptors (Lipinski definition) is 2. The van der Waals surface area contributed by atoms with Crippen molar-refractivity contribution in [2.24, 2.45) is 0 Å². The lowest BCUT2D eigenvalue weighted by Gasteiger charge is -2.21. The van der Waals surface area contributed by atoms with Crippen molar-refractivity contribution in [3.63, 3.8) is 0 Å². The van der Waals surface area contributed by atoms with Crippen LogP contribution in [0.2, 0.25) is 0 Å². The van der Waals surface area contributed by atoms with Gasteiger partial charge in [-0.05, 0) is 19.8 Å².